The molecule has 0 aromatic carbocycles. The molecular formula is C23H43NO7. The molecule has 8 nitrogen and oxygen atoms in total. The van der Waals surface area contributed by atoms with Crippen LogP contribution in [0.4, 0.5) is 0 Å². The zero-order valence-corrected chi connectivity index (χ0v) is 19.6. The van der Waals surface area contributed by atoms with Crippen molar-refractivity contribution < 1.29 is 34.0 Å². The van der Waals surface area contributed by atoms with E-state index in [0.29, 0.717) is 32.4 Å². The van der Waals surface area contributed by atoms with Gasteiger partial charge in [0.25, 0.3) is 0 Å². The SMILES string of the molecule is CCCOCCCCCCN1C[C@H](OC(=O)CCC)[C@@H](O)[C@H](O)[C@H]1COC(=O)CCC. The van der Waals surface area contributed by atoms with E-state index in [9.17, 15) is 19.8 Å². The van der Waals surface area contributed by atoms with Crippen LogP contribution in [0.15, 0.2) is 0 Å². The van der Waals surface area contributed by atoms with Crippen molar-refractivity contribution in [1.29, 1.82) is 0 Å². The lowest BCUT2D eigenvalue weighted by molar-refractivity contribution is -0.183. The summed E-state index contributed by atoms with van der Waals surface area (Å²) < 4.78 is 16.3. The van der Waals surface area contributed by atoms with Crippen molar-refractivity contribution in [1.82, 2.24) is 4.90 Å². The molecule has 0 bridgehead atoms. The number of carbonyl (C=O) groups is 2. The van der Waals surface area contributed by atoms with Crippen molar-refractivity contribution in [3.05, 3.63) is 0 Å². The van der Waals surface area contributed by atoms with Gasteiger partial charge in [0.2, 0.25) is 0 Å². The number of hydrogen-bond donors (Lipinski definition) is 2. The summed E-state index contributed by atoms with van der Waals surface area (Å²) in [6.45, 7) is 8.42. The highest BCUT2D eigenvalue weighted by molar-refractivity contribution is 5.69. The Hall–Kier alpha value is -1.22. The molecule has 0 aromatic heterocycles. The Bertz CT molecular complexity index is 502. The minimum atomic E-state index is -1.21. The van der Waals surface area contributed by atoms with E-state index >= 15 is 0 Å². The Morgan fingerprint density at radius 3 is 2.23 bits per heavy atom. The minimum absolute atomic E-state index is 0.0115. The summed E-state index contributed by atoms with van der Waals surface area (Å²) in [5.41, 5.74) is 0. The van der Waals surface area contributed by atoms with Crippen molar-refractivity contribution >= 4 is 11.9 Å². The second kappa shape index (κ2) is 16.4. The molecule has 1 aliphatic rings. The first-order valence-electron chi connectivity index (χ1n) is 12.0. The lowest BCUT2D eigenvalue weighted by Crippen LogP contribution is -2.63. The lowest BCUT2D eigenvalue weighted by Gasteiger charge is -2.44. The third-order valence-electron chi connectivity index (χ3n) is 5.45. The third-order valence-corrected chi connectivity index (χ3v) is 5.45. The fourth-order valence-corrected chi connectivity index (χ4v) is 3.71. The predicted molar refractivity (Wildman–Crippen MR) is 118 cm³/mol. The molecule has 1 saturated heterocycles. The molecule has 0 radical (unpaired) electrons. The highest BCUT2D eigenvalue weighted by Gasteiger charge is 2.44. The number of nitrogens with zero attached hydrogens (tertiary/aromatic N) is 1. The van der Waals surface area contributed by atoms with Crippen molar-refractivity contribution in [2.75, 3.05) is 32.9 Å². The van der Waals surface area contributed by atoms with Gasteiger partial charge in [-0.3, -0.25) is 14.5 Å². The fraction of sp³-hybridized carbons (Fsp3) is 0.913. The van der Waals surface area contributed by atoms with Crippen LogP contribution in [0, 0.1) is 0 Å². The van der Waals surface area contributed by atoms with Crippen LogP contribution in [0.5, 0.6) is 0 Å². The number of unbranched alkanes of at least 4 members (excludes halogenated alkanes) is 3. The summed E-state index contributed by atoms with van der Waals surface area (Å²) in [6, 6.07) is -0.523. The van der Waals surface area contributed by atoms with Crippen LogP contribution < -0.4 is 0 Å². The van der Waals surface area contributed by atoms with Crippen molar-refractivity contribution in [2.24, 2.45) is 0 Å². The van der Waals surface area contributed by atoms with Gasteiger partial charge in [-0.1, -0.05) is 33.6 Å². The van der Waals surface area contributed by atoms with E-state index in [-0.39, 0.29) is 25.0 Å². The topological polar surface area (TPSA) is 106 Å². The maximum absolute atomic E-state index is 11.9. The van der Waals surface area contributed by atoms with Gasteiger partial charge < -0.3 is 24.4 Å². The van der Waals surface area contributed by atoms with E-state index in [1.807, 2.05) is 18.7 Å². The molecule has 1 rings (SSSR count). The molecule has 1 heterocycles. The largest absolute Gasteiger partial charge is 0.464 e. The van der Waals surface area contributed by atoms with Crippen molar-refractivity contribution in [2.45, 2.75) is 103 Å². The van der Waals surface area contributed by atoms with Crippen molar-refractivity contribution in [3.8, 4) is 0 Å². The molecular weight excluding hydrogens is 402 g/mol. The number of carbonyl (C=O) groups excluding carboxylic acids is 2. The Morgan fingerprint density at radius 2 is 1.55 bits per heavy atom. The van der Waals surface area contributed by atoms with E-state index < -0.39 is 24.4 Å². The molecule has 8 heteroatoms. The summed E-state index contributed by atoms with van der Waals surface area (Å²) in [6.07, 6.45) is 3.77. The zero-order valence-electron chi connectivity index (χ0n) is 19.6. The monoisotopic (exact) mass is 445 g/mol. The lowest BCUT2D eigenvalue weighted by atomic mass is 9.93. The number of likely N-dealkylation sites (tertiary alicyclic amines) is 1. The maximum Gasteiger partial charge on any atom is 0.306 e. The maximum atomic E-state index is 11.9. The summed E-state index contributed by atoms with van der Waals surface area (Å²) in [5.74, 6) is -0.689. The van der Waals surface area contributed by atoms with Crippen LogP contribution in [0.1, 0.15) is 78.6 Å². The van der Waals surface area contributed by atoms with Gasteiger partial charge in [-0.2, -0.15) is 0 Å². The molecule has 0 aliphatic carbocycles. The molecule has 182 valence electrons. The van der Waals surface area contributed by atoms with Gasteiger partial charge in [0.1, 0.15) is 24.9 Å². The predicted octanol–water partition coefficient (Wildman–Crippen LogP) is 2.43. The second-order valence-electron chi connectivity index (χ2n) is 8.28. The molecule has 2 N–H and O–H groups in total. The average molecular weight is 446 g/mol. The fourth-order valence-electron chi connectivity index (χ4n) is 3.71. The summed E-state index contributed by atoms with van der Waals surface area (Å²) >= 11 is 0. The molecule has 4 atom stereocenters. The van der Waals surface area contributed by atoms with Crippen LogP contribution in [0.3, 0.4) is 0 Å². The first-order valence-corrected chi connectivity index (χ1v) is 12.0. The summed E-state index contributed by atoms with van der Waals surface area (Å²) in [7, 11) is 0. The van der Waals surface area contributed by atoms with Crippen LogP contribution >= 0.6 is 0 Å². The number of ether oxygens (including phenoxy) is 3. The van der Waals surface area contributed by atoms with E-state index in [4.69, 9.17) is 14.2 Å². The standard InChI is InChI=1S/C23H43NO7/c1-4-11-20(25)30-17-18-22(27)23(28)19(31-21(26)12-5-2)16-24(18)13-9-7-8-10-15-29-14-6-3/h18-19,22-23,27-28H,4-17H2,1-3H3/t18-,19+,22-,23-/m1/s1. The van der Waals surface area contributed by atoms with Gasteiger partial charge in [-0.15, -0.1) is 0 Å². The van der Waals surface area contributed by atoms with Crippen LogP contribution in [-0.2, 0) is 23.8 Å². The van der Waals surface area contributed by atoms with Crippen molar-refractivity contribution in [3.63, 3.8) is 0 Å². The second-order valence-corrected chi connectivity index (χ2v) is 8.28. The number of rotatable bonds is 16. The Balaban J connectivity index is 2.62. The smallest absolute Gasteiger partial charge is 0.306 e. The van der Waals surface area contributed by atoms with Crippen LogP contribution in [0.2, 0.25) is 0 Å². The van der Waals surface area contributed by atoms with Gasteiger partial charge >= 0.3 is 11.9 Å². The number of aliphatic hydroxyl groups excluding tert-OH is 2. The van der Waals surface area contributed by atoms with Gasteiger partial charge in [-0.05, 0) is 38.6 Å². The summed E-state index contributed by atoms with van der Waals surface area (Å²) in [4.78, 5) is 25.7. The number of piperidine rings is 1. The molecule has 1 aliphatic heterocycles. The van der Waals surface area contributed by atoms with E-state index in [1.54, 1.807) is 0 Å². The number of esters is 2. The number of aliphatic hydroxyl groups is 2. The number of hydrogen-bond acceptors (Lipinski definition) is 8. The quantitative estimate of drug-likeness (QED) is 0.276. The normalized spacial score (nSPS) is 24.2. The first-order chi connectivity index (χ1) is 14.9. The van der Waals surface area contributed by atoms with E-state index in [0.717, 1.165) is 45.3 Å². The first kappa shape index (κ1) is 27.8. The molecule has 0 amide bonds. The molecule has 0 aromatic rings. The highest BCUT2D eigenvalue weighted by Crippen LogP contribution is 2.23. The Morgan fingerprint density at radius 1 is 0.871 bits per heavy atom. The third kappa shape index (κ3) is 10.8. The average Bonchev–Trinajstić information content (AvgIpc) is 2.73. The van der Waals surface area contributed by atoms with Crippen LogP contribution in [-0.4, -0.2) is 84.3 Å². The Kier molecular flexibility index (Phi) is 14.7. The van der Waals surface area contributed by atoms with Crippen LogP contribution in [0.25, 0.3) is 0 Å². The zero-order chi connectivity index (χ0) is 23.1. The molecule has 0 unspecified atom stereocenters. The Labute approximate surface area is 187 Å². The van der Waals surface area contributed by atoms with Gasteiger partial charge in [-0.25, -0.2) is 0 Å². The molecule has 0 spiro atoms. The van der Waals surface area contributed by atoms with E-state index in [2.05, 4.69) is 6.92 Å². The molecule has 0 saturated carbocycles. The molecule has 1 fully saturated rings. The van der Waals surface area contributed by atoms with E-state index in [1.165, 1.54) is 0 Å². The van der Waals surface area contributed by atoms with Gasteiger partial charge in [0.15, 0.2) is 0 Å². The minimum Gasteiger partial charge on any atom is -0.464 e. The highest BCUT2D eigenvalue weighted by atomic mass is 16.6. The van der Waals surface area contributed by atoms with Gasteiger partial charge in [0, 0.05) is 32.6 Å². The summed E-state index contributed by atoms with van der Waals surface area (Å²) in [5, 5.41) is 21.2. The van der Waals surface area contributed by atoms with Gasteiger partial charge in [0.05, 0.1) is 6.04 Å². The molecule has 31 heavy (non-hydrogen) atoms.